The Balaban J connectivity index is 1.94. The van der Waals surface area contributed by atoms with Gasteiger partial charge in [-0.1, -0.05) is 30.3 Å². The molecule has 6 nitrogen and oxygen atoms in total. The summed E-state index contributed by atoms with van der Waals surface area (Å²) in [6.07, 6.45) is 1.15. The summed E-state index contributed by atoms with van der Waals surface area (Å²) < 4.78 is 46.6. The summed E-state index contributed by atoms with van der Waals surface area (Å²) in [7, 11) is -4.03. The van der Waals surface area contributed by atoms with Crippen molar-refractivity contribution in [3.63, 3.8) is 0 Å². The highest BCUT2D eigenvalue weighted by Gasteiger charge is 2.21. The van der Waals surface area contributed by atoms with Gasteiger partial charge in [0, 0.05) is 17.3 Å². The average molecular weight is 428 g/mol. The second kappa shape index (κ2) is 9.04. The molecule has 0 radical (unpaired) electrons. The molecule has 3 aromatic rings. The number of hydrogen-bond donors (Lipinski definition) is 1. The number of ether oxygens (including phenoxy) is 1. The predicted octanol–water partition coefficient (Wildman–Crippen LogP) is 4.37. The number of aromatic nitrogens is 1. The molecule has 0 saturated carbocycles. The van der Waals surface area contributed by atoms with Crippen LogP contribution >= 0.6 is 0 Å². The van der Waals surface area contributed by atoms with E-state index in [-0.39, 0.29) is 27.9 Å². The molecule has 30 heavy (non-hydrogen) atoms. The second-order valence-corrected chi connectivity index (χ2v) is 8.49. The number of benzene rings is 2. The molecular formula is C22H21FN2O4S. The van der Waals surface area contributed by atoms with E-state index in [0.717, 1.165) is 0 Å². The van der Waals surface area contributed by atoms with E-state index in [1.165, 1.54) is 24.4 Å². The topological polar surface area (TPSA) is 85.4 Å². The first-order valence-electron chi connectivity index (χ1n) is 9.24. The number of carbonyl (C=O) groups excluding carboxylic acids is 1. The largest absolute Gasteiger partial charge is 0.491 e. The lowest BCUT2D eigenvalue weighted by molar-refractivity contribution is 0.103. The molecule has 0 spiro atoms. The first-order valence-corrected chi connectivity index (χ1v) is 10.7. The number of alkyl halides is 1. The third-order valence-corrected chi connectivity index (χ3v) is 5.47. The number of ketones is 1. The molecule has 0 saturated heterocycles. The van der Waals surface area contributed by atoms with E-state index in [1.807, 2.05) is 13.8 Å². The molecule has 2 aromatic carbocycles. The molecule has 0 aliphatic rings. The summed E-state index contributed by atoms with van der Waals surface area (Å²) in [6.45, 7) is 2.90. The van der Waals surface area contributed by atoms with Gasteiger partial charge in [0.15, 0.2) is 11.6 Å². The third-order valence-electron chi connectivity index (χ3n) is 4.12. The lowest BCUT2D eigenvalue weighted by Gasteiger charge is -2.13. The van der Waals surface area contributed by atoms with Crippen molar-refractivity contribution in [1.82, 2.24) is 4.98 Å². The lowest BCUT2D eigenvalue weighted by Crippen LogP contribution is -2.17. The fraction of sp³-hybridized carbons (Fsp3) is 0.182. The van der Waals surface area contributed by atoms with E-state index in [2.05, 4.69) is 9.71 Å². The molecule has 3 rings (SSSR count). The van der Waals surface area contributed by atoms with Crippen LogP contribution in [0.3, 0.4) is 0 Å². The zero-order valence-corrected chi connectivity index (χ0v) is 17.3. The van der Waals surface area contributed by atoms with Gasteiger partial charge in [0.1, 0.15) is 12.4 Å². The summed E-state index contributed by atoms with van der Waals surface area (Å²) >= 11 is 0. The minimum atomic E-state index is -4.03. The Labute approximate surface area is 174 Å². The number of hydrogen-bond acceptors (Lipinski definition) is 5. The Morgan fingerprint density at radius 2 is 1.77 bits per heavy atom. The summed E-state index contributed by atoms with van der Waals surface area (Å²) in [5, 5.41) is 0. The van der Waals surface area contributed by atoms with Crippen molar-refractivity contribution in [2.24, 2.45) is 0 Å². The molecule has 0 unspecified atom stereocenters. The van der Waals surface area contributed by atoms with Gasteiger partial charge in [-0.15, -0.1) is 0 Å². The fourth-order valence-electron chi connectivity index (χ4n) is 2.74. The van der Waals surface area contributed by atoms with Crippen molar-refractivity contribution in [2.45, 2.75) is 31.5 Å². The van der Waals surface area contributed by atoms with E-state index < -0.39 is 22.5 Å². The molecule has 0 aliphatic heterocycles. The van der Waals surface area contributed by atoms with Gasteiger partial charge in [-0.2, -0.15) is 0 Å². The van der Waals surface area contributed by atoms with Crippen molar-refractivity contribution >= 4 is 21.6 Å². The van der Waals surface area contributed by atoms with Gasteiger partial charge in [-0.25, -0.2) is 17.8 Å². The first kappa shape index (κ1) is 21.4. The fourth-order valence-corrected chi connectivity index (χ4v) is 3.77. The Morgan fingerprint density at radius 1 is 1.10 bits per heavy atom. The molecular weight excluding hydrogens is 407 g/mol. The van der Waals surface area contributed by atoms with Crippen molar-refractivity contribution in [2.75, 3.05) is 4.72 Å². The molecule has 156 valence electrons. The van der Waals surface area contributed by atoms with Gasteiger partial charge in [0.2, 0.25) is 0 Å². The highest BCUT2D eigenvalue weighted by atomic mass is 32.2. The first-order chi connectivity index (χ1) is 14.3. The summed E-state index contributed by atoms with van der Waals surface area (Å²) in [6, 6.07) is 15.5. The maximum absolute atomic E-state index is 13.1. The Kier molecular flexibility index (Phi) is 6.47. The van der Waals surface area contributed by atoms with E-state index in [9.17, 15) is 17.6 Å². The maximum Gasteiger partial charge on any atom is 0.263 e. The highest BCUT2D eigenvalue weighted by molar-refractivity contribution is 7.92. The van der Waals surface area contributed by atoms with Gasteiger partial charge >= 0.3 is 0 Å². The van der Waals surface area contributed by atoms with Crippen LogP contribution in [0.2, 0.25) is 0 Å². The normalized spacial score (nSPS) is 11.3. The Hall–Kier alpha value is -3.26. The van der Waals surface area contributed by atoms with Crippen LogP contribution in [0.25, 0.3) is 0 Å². The van der Waals surface area contributed by atoms with Gasteiger partial charge < -0.3 is 4.74 Å². The Bertz CT molecular complexity index is 1130. The number of carbonyl (C=O) groups is 1. The molecule has 0 atom stereocenters. The zero-order chi connectivity index (χ0) is 21.7. The van der Waals surface area contributed by atoms with E-state index in [4.69, 9.17) is 4.74 Å². The van der Waals surface area contributed by atoms with Crippen LogP contribution in [0.1, 0.15) is 35.3 Å². The molecule has 0 aliphatic carbocycles. The number of anilines is 1. The number of halogens is 1. The van der Waals surface area contributed by atoms with Crippen LogP contribution < -0.4 is 9.46 Å². The van der Waals surface area contributed by atoms with Gasteiger partial charge in [0.25, 0.3) is 10.0 Å². The molecule has 0 bridgehead atoms. The molecule has 0 fully saturated rings. The van der Waals surface area contributed by atoms with Crippen LogP contribution in [0, 0.1) is 0 Å². The van der Waals surface area contributed by atoms with Crippen molar-refractivity contribution < 1.29 is 22.3 Å². The minimum Gasteiger partial charge on any atom is -0.491 e. The second-order valence-electron chi connectivity index (χ2n) is 6.81. The molecule has 8 heteroatoms. The van der Waals surface area contributed by atoms with Crippen LogP contribution in [0.5, 0.6) is 5.75 Å². The van der Waals surface area contributed by atoms with E-state index in [1.54, 1.807) is 42.5 Å². The van der Waals surface area contributed by atoms with Crippen molar-refractivity contribution in [3.05, 3.63) is 83.6 Å². The zero-order valence-electron chi connectivity index (χ0n) is 16.5. The lowest BCUT2D eigenvalue weighted by atomic mass is 10.0. The van der Waals surface area contributed by atoms with Crippen LogP contribution in [-0.4, -0.2) is 25.3 Å². The number of pyridine rings is 1. The average Bonchev–Trinajstić information content (AvgIpc) is 2.74. The number of nitrogens with zero attached hydrogens (tertiary/aromatic N) is 1. The number of rotatable bonds is 8. The van der Waals surface area contributed by atoms with E-state index >= 15 is 0 Å². The van der Waals surface area contributed by atoms with Gasteiger partial charge in [-0.05, 0) is 44.2 Å². The molecule has 0 amide bonds. The quantitative estimate of drug-likeness (QED) is 0.539. The minimum absolute atomic E-state index is 0.0203. The van der Waals surface area contributed by atoms with Crippen molar-refractivity contribution in [3.8, 4) is 5.75 Å². The van der Waals surface area contributed by atoms with Crippen LogP contribution in [-0.2, 0) is 16.7 Å². The summed E-state index contributed by atoms with van der Waals surface area (Å²) in [5.74, 6) is -0.0883. The maximum atomic E-state index is 13.1. The molecule has 1 aromatic heterocycles. The van der Waals surface area contributed by atoms with Gasteiger partial charge in [0.05, 0.1) is 16.6 Å². The summed E-state index contributed by atoms with van der Waals surface area (Å²) in [4.78, 5) is 16.9. The van der Waals surface area contributed by atoms with E-state index in [0.29, 0.717) is 11.3 Å². The highest BCUT2D eigenvalue weighted by Crippen LogP contribution is 2.24. The molecule has 1 heterocycles. The SMILES string of the molecule is CC(C)Oc1ccc(S(=O)(=O)Nc2ncc(CF)cc2C(=O)c2ccccc2)cc1. The molecule has 1 N–H and O–H groups in total. The number of nitrogens with one attached hydrogen (secondary N) is 1. The monoisotopic (exact) mass is 428 g/mol. The van der Waals surface area contributed by atoms with Crippen LogP contribution in [0.4, 0.5) is 10.2 Å². The third kappa shape index (κ3) is 5.01. The van der Waals surface area contributed by atoms with Gasteiger partial charge in [-0.3, -0.25) is 9.52 Å². The smallest absolute Gasteiger partial charge is 0.263 e. The van der Waals surface area contributed by atoms with Crippen LogP contribution in [0.15, 0.2) is 71.8 Å². The predicted molar refractivity (Wildman–Crippen MR) is 112 cm³/mol. The summed E-state index contributed by atoms with van der Waals surface area (Å²) in [5.41, 5.74) is 0.484. The Morgan fingerprint density at radius 3 is 2.37 bits per heavy atom. The number of sulfonamides is 1. The standard InChI is InChI=1S/C22H21FN2O4S/c1-15(2)29-18-8-10-19(11-9-18)30(27,28)25-22-20(12-16(13-23)14-24-22)21(26)17-6-4-3-5-7-17/h3-12,14-15H,13H2,1-2H3,(H,24,25). The van der Waals surface area contributed by atoms with Crippen molar-refractivity contribution in [1.29, 1.82) is 0 Å².